The number of ether oxygens (including phenoxy) is 1. The Morgan fingerprint density at radius 2 is 1.87 bits per heavy atom. The number of carbonyl (C=O) groups excluding carboxylic acids is 1. The Balaban J connectivity index is 1.11. The first kappa shape index (κ1) is 31.3. The highest BCUT2D eigenvalue weighted by atomic mass is 19.1. The van der Waals surface area contributed by atoms with Crippen molar-refractivity contribution >= 4 is 34.6 Å². The zero-order valence-corrected chi connectivity index (χ0v) is 26.7. The maximum absolute atomic E-state index is 14.7. The Bertz CT molecular complexity index is 1650. The number of nitrogens with one attached hydrogen (secondary N) is 2. The van der Waals surface area contributed by atoms with Crippen LogP contribution in [0.3, 0.4) is 0 Å². The highest BCUT2D eigenvalue weighted by Crippen LogP contribution is 2.41. The molecule has 3 atom stereocenters. The van der Waals surface area contributed by atoms with Gasteiger partial charge < -0.3 is 25.2 Å². The second-order valence-corrected chi connectivity index (χ2v) is 12.7. The van der Waals surface area contributed by atoms with Crippen LogP contribution >= 0.6 is 0 Å². The molecule has 4 aliphatic rings. The molecular weight excluding hydrogens is 606 g/mol. The van der Waals surface area contributed by atoms with Gasteiger partial charge in [-0.3, -0.25) is 14.5 Å². The minimum absolute atomic E-state index is 0.316. The van der Waals surface area contributed by atoms with E-state index in [1.54, 1.807) is 13.2 Å². The van der Waals surface area contributed by atoms with Crippen molar-refractivity contribution in [1.82, 2.24) is 19.8 Å². The van der Waals surface area contributed by atoms with Gasteiger partial charge in [0.25, 0.3) is 0 Å². The van der Waals surface area contributed by atoms with Gasteiger partial charge in [-0.05, 0) is 44.5 Å². The maximum Gasteiger partial charge on any atom is 0.247 e. The Labute approximate surface area is 273 Å². The lowest BCUT2D eigenvalue weighted by Gasteiger charge is -2.43. The third-order valence-electron chi connectivity index (χ3n) is 9.96. The molecule has 2 bridgehead atoms. The summed E-state index contributed by atoms with van der Waals surface area (Å²) in [6.07, 6.45) is 6.51. The number of benzene rings is 2. The molecule has 1 amide bonds. The molecule has 2 N–H and O–H groups in total. The number of hydrogen-bond acceptors (Lipinski definition) is 10. The summed E-state index contributed by atoms with van der Waals surface area (Å²) >= 11 is 0. The van der Waals surface area contributed by atoms with E-state index >= 15 is 0 Å². The van der Waals surface area contributed by atoms with Gasteiger partial charge in [0.15, 0.2) is 5.82 Å². The molecule has 0 radical (unpaired) electrons. The molecule has 11 nitrogen and oxygen atoms in total. The van der Waals surface area contributed by atoms with E-state index in [1.165, 1.54) is 36.0 Å². The van der Waals surface area contributed by atoms with Crippen molar-refractivity contribution in [2.45, 2.75) is 49.9 Å². The van der Waals surface area contributed by atoms with Crippen LogP contribution in [-0.2, 0) is 9.63 Å². The third kappa shape index (κ3) is 6.22. The van der Waals surface area contributed by atoms with Gasteiger partial charge in [0.05, 0.1) is 36.8 Å². The second-order valence-electron chi connectivity index (χ2n) is 12.7. The first-order chi connectivity index (χ1) is 22.8. The number of nitrogens with zero attached hydrogens (tertiary/aromatic N) is 6. The van der Waals surface area contributed by atoms with Crippen LogP contribution in [0, 0.1) is 11.6 Å². The molecule has 1 aromatic heterocycles. The number of hydrogen-bond donors (Lipinski definition) is 2. The van der Waals surface area contributed by atoms with E-state index in [0.717, 1.165) is 50.8 Å². The number of methoxy groups -OCH3 is 1. The maximum atomic E-state index is 14.7. The van der Waals surface area contributed by atoms with Crippen LogP contribution in [0.15, 0.2) is 55.4 Å². The zero-order chi connectivity index (χ0) is 32.7. The van der Waals surface area contributed by atoms with Gasteiger partial charge in [-0.1, -0.05) is 12.6 Å². The van der Waals surface area contributed by atoms with Crippen LogP contribution in [0.2, 0.25) is 0 Å². The molecule has 4 saturated heterocycles. The van der Waals surface area contributed by atoms with Crippen LogP contribution in [0.5, 0.6) is 5.75 Å². The summed E-state index contributed by atoms with van der Waals surface area (Å²) in [7, 11) is 3.83. The highest BCUT2D eigenvalue weighted by Gasteiger charge is 2.44. The fraction of sp³-hybridized carbons (Fsp3) is 0.441. The van der Waals surface area contributed by atoms with E-state index in [-0.39, 0.29) is 5.91 Å². The summed E-state index contributed by atoms with van der Waals surface area (Å²) in [4.78, 5) is 34.6. The molecule has 2 aromatic carbocycles. The average Bonchev–Trinajstić information content (AvgIpc) is 3.82. The van der Waals surface area contributed by atoms with Crippen LogP contribution < -0.4 is 25.3 Å². The number of likely N-dealkylation sites (N-methyl/N-ethyl adjacent to an activating group) is 1. The summed E-state index contributed by atoms with van der Waals surface area (Å²) in [6, 6.07) is 10.4. The van der Waals surface area contributed by atoms with E-state index < -0.39 is 17.7 Å². The molecule has 0 unspecified atom stereocenters. The lowest BCUT2D eigenvalue weighted by atomic mass is 10.0. The number of halogens is 2. The highest BCUT2D eigenvalue weighted by molar-refractivity contribution is 6.02. The monoisotopic (exact) mass is 646 g/mol. The molecule has 3 aromatic rings. The molecule has 4 fully saturated rings. The van der Waals surface area contributed by atoms with E-state index in [4.69, 9.17) is 9.57 Å². The van der Waals surface area contributed by atoms with Crippen molar-refractivity contribution in [3.05, 3.63) is 72.6 Å². The molecule has 13 heteroatoms. The molecular formula is C34H40F2N8O3. The fourth-order valence-corrected chi connectivity index (χ4v) is 7.59. The van der Waals surface area contributed by atoms with E-state index in [1.807, 2.05) is 12.1 Å². The number of aromatic nitrogens is 2. The summed E-state index contributed by atoms with van der Waals surface area (Å²) in [6.45, 7) is 8.02. The number of amides is 1. The molecule has 248 valence electrons. The smallest absolute Gasteiger partial charge is 0.247 e. The van der Waals surface area contributed by atoms with Gasteiger partial charge in [-0.25, -0.2) is 23.8 Å². The number of fused-ring (bicyclic) bond motifs is 2. The molecule has 4 aliphatic heterocycles. The first-order valence-electron chi connectivity index (χ1n) is 16.1. The Morgan fingerprint density at radius 1 is 1.04 bits per heavy atom. The van der Waals surface area contributed by atoms with Crippen molar-refractivity contribution in [2.75, 3.05) is 67.5 Å². The Morgan fingerprint density at radius 3 is 2.57 bits per heavy atom. The largest absolute Gasteiger partial charge is 0.494 e. The summed E-state index contributed by atoms with van der Waals surface area (Å²) < 4.78 is 34.1. The topological polar surface area (TPSA) is 98.3 Å². The standard InChI is InChI=1S/C34H40F2N8O3/c1-4-34(45)40-27-15-28(31(46-3)16-30(27)42-10-7-22(8-11-42)43-19-23-14-24(43)18-41(23)2)39-32-17-33(38-20-37-32)44-29(9-12-47-44)25-6-5-21(35)13-26(25)36/h4-6,13,15-17,20,22-24,29H,1,7-12,14,18-19H2,2-3H3,(H,40,45)(H,37,38,39)/t23-,24-,29-/m1/s1. The number of piperidine rings is 1. The molecule has 0 saturated carbocycles. The van der Waals surface area contributed by atoms with Crippen molar-refractivity contribution in [3.8, 4) is 5.75 Å². The van der Waals surface area contributed by atoms with Crippen molar-refractivity contribution in [1.29, 1.82) is 0 Å². The van der Waals surface area contributed by atoms with Crippen molar-refractivity contribution < 1.29 is 23.1 Å². The number of carbonyl (C=O) groups is 1. The van der Waals surface area contributed by atoms with Gasteiger partial charge in [0.2, 0.25) is 5.91 Å². The van der Waals surface area contributed by atoms with Crippen LogP contribution in [0.1, 0.15) is 37.3 Å². The minimum atomic E-state index is -0.642. The molecule has 0 spiro atoms. The van der Waals surface area contributed by atoms with Crippen molar-refractivity contribution in [3.63, 3.8) is 0 Å². The number of piperazine rings is 1. The third-order valence-corrected chi connectivity index (χ3v) is 9.96. The SMILES string of the molecule is C=CC(=O)Nc1cc(Nc2cc(N3OCC[C@@H]3c3ccc(F)cc3F)ncn2)c(OC)cc1N1CCC(N2C[C@H]3C[C@@H]2CN3C)CC1. The summed E-state index contributed by atoms with van der Waals surface area (Å²) in [5.74, 6) is -0.184. The lowest BCUT2D eigenvalue weighted by Crippen LogP contribution is -2.52. The van der Waals surface area contributed by atoms with Crippen LogP contribution in [0.4, 0.5) is 37.5 Å². The predicted molar refractivity (Wildman–Crippen MR) is 176 cm³/mol. The normalized spacial score (nSPS) is 23.4. The van der Waals surface area contributed by atoms with Gasteiger partial charge >= 0.3 is 0 Å². The van der Waals surface area contributed by atoms with E-state index in [2.05, 4.69) is 48.9 Å². The predicted octanol–water partition coefficient (Wildman–Crippen LogP) is 4.87. The van der Waals surface area contributed by atoms with Crippen molar-refractivity contribution in [2.24, 2.45) is 0 Å². The molecule has 5 heterocycles. The van der Waals surface area contributed by atoms with Gasteiger partial charge in [0.1, 0.15) is 29.5 Å². The fourth-order valence-electron chi connectivity index (χ4n) is 7.59. The number of rotatable bonds is 9. The number of anilines is 5. The Kier molecular flexibility index (Phi) is 8.69. The zero-order valence-electron chi connectivity index (χ0n) is 26.7. The minimum Gasteiger partial charge on any atom is -0.494 e. The van der Waals surface area contributed by atoms with Crippen LogP contribution in [0.25, 0.3) is 0 Å². The quantitative estimate of drug-likeness (QED) is 0.314. The summed E-state index contributed by atoms with van der Waals surface area (Å²) in [5.41, 5.74) is 2.40. The van der Waals surface area contributed by atoms with Crippen LogP contribution in [-0.4, -0.2) is 90.7 Å². The van der Waals surface area contributed by atoms with Gasteiger partial charge in [0, 0.05) is 74.5 Å². The second kappa shape index (κ2) is 13.1. The first-order valence-corrected chi connectivity index (χ1v) is 16.1. The van der Waals surface area contributed by atoms with E-state index in [9.17, 15) is 13.6 Å². The lowest BCUT2D eigenvalue weighted by molar-refractivity contribution is -0.111. The van der Waals surface area contributed by atoms with E-state index in [0.29, 0.717) is 65.5 Å². The van der Waals surface area contributed by atoms with Gasteiger partial charge in [-0.15, -0.1) is 0 Å². The molecule has 7 rings (SSSR count). The Hall–Kier alpha value is -4.33. The van der Waals surface area contributed by atoms with Gasteiger partial charge in [-0.2, -0.15) is 0 Å². The average molecular weight is 647 g/mol. The molecule has 0 aliphatic carbocycles. The number of hydroxylamine groups is 1. The number of likely N-dealkylation sites (tertiary alicyclic amines) is 2. The molecule has 47 heavy (non-hydrogen) atoms. The summed E-state index contributed by atoms with van der Waals surface area (Å²) in [5, 5.41) is 7.80.